The minimum Gasteiger partial charge on any atom is -0.465 e. The van der Waals surface area contributed by atoms with Crippen molar-refractivity contribution in [1.29, 1.82) is 0 Å². The molecular formula is C53H107NO6Si. The normalized spacial score (nSPS) is 13.8. The van der Waals surface area contributed by atoms with Crippen LogP contribution in [0.25, 0.3) is 0 Å². The van der Waals surface area contributed by atoms with Gasteiger partial charge in [0, 0.05) is 19.7 Å². The zero-order valence-corrected chi connectivity index (χ0v) is 43.5. The van der Waals surface area contributed by atoms with Gasteiger partial charge in [-0.25, -0.2) is 0 Å². The molecule has 0 aromatic carbocycles. The van der Waals surface area contributed by atoms with Crippen LogP contribution in [0, 0.1) is 11.8 Å². The monoisotopic (exact) mass is 882 g/mol. The SMILES string of the molecule is CCCCCCCCC(CCCCCC)C(=O)OCCCCCCN(CCCO)CC(CCCCOC(=O)C(CCCCCC)CCCCCCCC)O[Si](C)(C)C(C)(C)C. The number of ether oxygens (including phenoxy) is 2. The van der Waals surface area contributed by atoms with Crippen molar-refractivity contribution in [3.63, 3.8) is 0 Å². The van der Waals surface area contributed by atoms with Gasteiger partial charge < -0.3 is 23.9 Å². The van der Waals surface area contributed by atoms with Crippen LogP contribution < -0.4 is 0 Å². The van der Waals surface area contributed by atoms with Crippen LogP contribution in [0.3, 0.4) is 0 Å². The van der Waals surface area contributed by atoms with Crippen molar-refractivity contribution in [2.24, 2.45) is 11.8 Å². The third kappa shape index (κ3) is 34.1. The number of rotatable bonds is 45. The summed E-state index contributed by atoms with van der Waals surface area (Å²) < 4.78 is 18.9. The molecule has 0 heterocycles. The average Bonchev–Trinajstić information content (AvgIpc) is 3.22. The average molecular weight is 883 g/mol. The van der Waals surface area contributed by atoms with Crippen molar-refractivity contribution in [2.75, 3.05) is 39.5 Å². The molecule has 3 atom stereocenters. The Kier molecular flexibility index (Phi) is 39.9. The molecule has 0 radical (unpaired) electrons. The lowest BCUT2D eigenvalue weighted by Gasteiger charge is -2.40. The smallest absolute Gasteiger partial charge is 0.308 e. The quantitative estimate of drug-likeness (QED) is 0.0370. The molecule has 61 heavy (non-hydrogen) atoms. The summed E-state index contributed by atoms with van der Waals surface area (Å²) in [6.07, 6.45) is 36.3. The molecule has 0 aromatic heterocycles. The topological polar surface area (TPSA) is 85.3 Å². The Hall–Kier alpha value is -0.963. The Balaban J connectivity index is 5.11. The van der Waals surface area contributed by atoms with E-state index in [-0.39, 0.29) is 41.5 Å². The minimum absolute atomic E-state index is 0.0259. The van der Waals surface area contributed by atoms with Gasteiger partial charge in [-0.15, -0.1) is 0 Å². The van der Waals surface area contributed by atoms with Crippen molar-refractivity contribution in [1.82, 2.24) is 4.90 Å². The predicted molar refractivity (Wildman–Crippen MR) is 265 cm³/mol. The largest absolute Gasteiger partial charge is 0.465 e. The highest BCUT2D eigenvalue weighted by atomic mass is 28.4. The molecule has 1 N–H and O–H groups in total. The third-order valence-electron chi connectivity index (χ3n) is 13.4. The van der Waals surface area contributed by atoms with E-state index < -0.39 is 8.32 Å². The van der Waals surface area contributed by atoms with Crippen molar-refractivity contribution < 1.29 is 28.6 Å². The van der Waals surface area contributed by atoms with Gasteiger partial charge in [-0.2, -0.15) is 0 Å². The van der Waals surface area contributed by atoms with E-state index in [1.54, 1.807) is 0 Å². The van der Waals surface area contributed by atoms with Crippen molar-refractivity contribution >= 4 is 20.3 Å². The summed E-state index contributed by atoms with van der Waals surface area (Å²) in [6.45, 7) is 24.5. The lowest BCUT2D eigenvalue weighted by atomic mass is 9.94. The molecule has 0 rings (SSSR count). The lowest BCUT2D eigenvalue weighted by molar-refractivity contribution is -0.150. The van der Waals surface area contributed by atoms with E-state index >= 15 is 0 Å². The van der Waals surface area contributed by atoms with Gasteiger partial charge in [0.25, 0.3) is 0 Å². The van der Waals surface area contributed by atoms with Crippen LogP contribution in [-0.4, -0.2) is 75.8 Å². The van der Waals surface area contributed by atoms with E-state index in [4.69, 9.17) is 13.9 Å². The van der Waals surface area contributed by atoms with Crippen LogP contribution in [0.5, 0.6) is 0 Å². The molecule has 7 nitrogen and oxygen atoms in total. The number of nitrogens with zero attached hydrogens (tertiary/aromatic N) is 1. The van der Waals surface area contributed by atoms with Gasteiger partial charge in [-0.3, -0.25) is 9.59 Å². The molecule has 0 bridgehead atoms. The Morgan fingerprint density at radius 1 is 0.492 bits per heavy atom. The molecule has 0 fully saturated rings. The van der Waals surface area contributed by atoms with Gasteiger partial charge in [0.05, 0.1) is 31.2 Å². The van der Waals surface area contributed by atoms with E-state index in [2.05, 4.69) is 66.5 Å². The summed E-state index contributed by atoms with van der Waals surface area (Å²) in [7, 11) is -2.01. The molecule has 0 saturated carbocycles. The standard InChI is InChI=1S/C53H107NO6Si/c1-10-14-18-22-24-30-39-48(37-28-20-16-12-3)51(56)58-45-34-27-26-33-42-54(43-36-44-55)47-50(60-61(8,9)53(5,6)7)41-32-35-46-59-52(57)49(38-29-21-17-13-4)40-31-25-23-19-15-11-2/h48-50,55H,10-47H2,1-9H3. The van der Waals surface area contributed by atoms with E-state index in [0.29, 0.717) is 13.2 Å². The van der Waals surface area contributed by atoms with Crippen LogP contribution in [0.2, 0.25) is 18.1 Å². The second-order valence-electron chi connectivity index (χ2n) is 20.3. The summed E-state index contributed by atoms with van der Waals surface area (Å²) >= 11 is 0. The maximum absolute atomic E-state index is 13.3. The number of carbonyl (C=O) groups is 2. The Bertz CT molecular complexity index is 986. The molecule has 364 valence electrons. The van der Waals surface area contributed by atoms with E-state index in [1.807, 2.05) is 0 Å². The number of aliphatic hydroxyl groups is 1. The zero-order valence-electron chi connectivity index (χ0n) is 42.5. The van der Waals surface area contributed by atoms with Gasteiger partial charge >= 0.3 is 11.9 Å². The number of unbranched alkanes of at least 4 members (excludes halogenated alkanes) is 20. The summed E-state index contributed by atoms with van der Waals surface area (Å²) in [4.78, 5) is 28.9. The summed E-state index contributed by atoms with van der Waals surface area (Å²) in [5.41, 5.74) is 0. The summed E-state index contributed by atoms with van der Waals surface area (Å²) in [5, 5.41) is 9.89. The number of carbonyl (C=O) groups excluding carboxylic acids is 2. The van der Waals surface area contributed by atoms with E-state index in [9.17, 15) is 14.7 Å². The van der Waals surface area contributed by atoms with Crippen LogP contribution in [-0.2, 0) is 23.5 Å². The first-order valence-corrected chi connectivity index (χ1v) is 29.6. The summed E-state index contributed by atoms with van der Waals surface area (Å²) in [6, 6.07) is 0. The lowest BCUT2D eigenvalue weighted by Crippen LogP contribution is -2.47. The first kappa shape index (κ1) is 60.0. The van der Waals surface area contributed by atoms with Gasteiger partial charge in [0.2, 0.25) is 0 Å². The first-order valence-electron chi connectivity index (χ1n) is 26.7. The Morgan fingerprint density at radius 3 is 1.26 bits per heavy atom. The maximum Gasteiger partial charge on any atom is 0.308 e. The zero-order chi connectivity index (χ0) is 45.5. The number of aliphatic hydroxyl groups excluding tert-OH is 1. The molecule has 0 aliphatic carbocycles. The fraction of sp³-hybridized carbons (Fsp3) is 0.962. The van der Waals surface area contributed by atoms with E-state index in [0.717, 1.165) is 122 Å². The Morgan fingerprint density at radius 2 is 0.836 bits per heavy atom. The molecule has 0 saturated heterocycles. The van der Waals surface area contributed by atoms with Crippen LogP contribution >= 0.6 is 0 Å². The maximum atomic E-state index is 13.3. The molecule has 0 aliphatic rings. The van der Waals surface area contributed by atoms with Crippen molar-refractivity contribution in [3.8, 4) is 0 Å². The van der Waals surface area contributed by atoms with Crippen LogP contribution in [0.4, 0.5) is 0 Å². The fourth-order valence-corrected chi connectivity index (χ4v) is 9.62. The Labute approximate surface area is 381 Å². The third-order valence-corrected chi connectivity index (χ3v) is 18.0. The molecule has 8 heteroatoms. The predicted octanol–water partition coefficient (Wildman–Crippen LogP) is 15.6. The van der Waals surface area contributed by atoms with Gasteiger partial charge in [-0.1, -0.05) is 190 Å². The summed E-state index contributed by atoms with van der Waals surface area (Å²) in [5.74, 6) is 0.177. The molecule has 0 spiro atoms. The highest BCUT2D eigenvalue weighted by molar-refractivity contribution is 6.74. The number of hydrogen-bond donors (Lipinski definition) is 1. The molecule has 0 aromatic rings. The first-order chi connectivity index (χ1) is 29.4. The minimum atomic E-state index is -2.01. The molecular weight excluding hydrogens is 775 g/mol. The van der Waals surface area contributed by atoms with Crippen LogP contribution in [0.15, 0.2) is 0 Å². The van der Waals surface area contributed by atoms with Crippen LogP contribution in [0.1, 0.15) is 254 Å². The fourth-order valence-electron chi connectivity index (χ4n) is 8.24. The van der Waals surface area contributed by atoms with Gasteiger partial charge in [-0.05, 0) is 88.9 Å². The van der Waals surface area contributed by atoms with Gasteiger partial charge in [0.1, 0.15) is 0 Å². The van der Waals surface area contributed by atoms with Crippen molar-refractivity contribution in [3.05, 3.63) is 0 Å². The van der Waals surface area contributed by atoms with Crippen molar-refractivity contribution in [2.45, 2.75) is 278 Å². The number of hydrogen-bond acceptors (Lipinski definition) is 7. The molecule has 3 unspecified atom stereocenters. The molecule has 0 amide bonds. The second kappa shape index (κ2) is 40.5. The highest BCUT2D eigenvalue weighted by Crippen LogP contribution is 2.38. The molecule has 0 aliphatic heterocycles. The van der Waals surface area contributed by atoms with E-state index in [1.165, 1.54) is 103 Å². The second-order valence-corrected chi connectivity index (χ2v) is 25.1. The highest BCUT2D eigenvalue weighted by Gasteiger charge is 2.39. The van der Waals surface area contributed by atoms with Gasteiger partial charge in [0.15, 0.2) is 8.32 Å². The number of esters is 2.